The molecule has 10 heteroatoms. The van der Waals surface area contributed by atoms with Gasteiger partial charge in [0.2, 0.25) is 0 Å². The molecule has 0 saturated carbocycles. The molecular formula is C32H24N8O2. The number of aliphatic imine (C=N–C) groups is 1. The molecule has 0 spiro atoms. The zero-order valence-corrected chi connectivity index (χ0v) is 22.5. The second-order valence-electron chi connectivity index (χ2n) is 9.46. The fourth-order valence-corrected chi connectivity index (χ4v) is 4.60. The molecule has 0 fully saturated rings. The summed E-state index contributed by atoms with van der Waals surface area (Å²) in [5.74, 6) is 5.93. The minimum absolute atomic E-state index is 0.0187. The zero-order chi connectivity index (χ0) is 29.1. The highest BCUT2D eigenvalue weighted by molar-refractivity contribution is 5.97. The summed E-state index contributed by atoms with van der Waals surface area (Å²) in [5, 5.41) is 3.27. The van der Waals surface area contributed by atoms with Crippen LogP contribution < -0.4 is 16.6 Å². The molecule has 1 aliphatic rings. The van der Waals surface area contributed by atoms with Crippen molar-refractivity contribution in [2.24, 2.45) is 4.99 Å². The van der Waals surface area contributed by atoms with Gasteiger partial charge >= 0.3 is 0 Å². The number of nitrogen functional groups attached to an aromatic ring is 1. The number of hydrogen-bond acceptors (Lipinski definition) is 8. The van der Waals surface area contributed by atoms with Gasteiger partial charge in [0.1, 0.15) is 11.5 Å². The summed E-state index contributed by atoms with van der Waals surface area (Å²) in [7, 11) is 0. The molecule has 1 aliphatic heterocycles. The van der Waals surface area contributed by atoms with E-state index in [4.69, 9.17) is 10.7 Å². The van der Waals surface area contributed by atoms with Crippen molar-refractivity contribution in [2.75, 3.05) is 5.73 Å². The molecule has 10 nitrogen and oxygen atoms in total. The third-order valence-corrected chi connectivity index (χ3v) is 6.60. The maximum Gasteiger partial charge on any atom is 0.274 e. The second-order valence-corrected chi connectivity index (χ2v) is 9.46. The molecule has 0 unspecified atom stereocenters. The Labute approximate surface area is 240 Å². The van der Waals surface area contributed by atoms with Gasteiger partial charge in [-0.05, 0) is 43.3 Å². The second kappa shape index (κ2) is 11.3. The first kappa shape index (κ1) is 26.3. The van der Waals surface area contributed by atoms with Crippen molar-refractivity contribution in [1.29, 1.82) is 0 Å². The van der Waals surface area contributed by atoms with Crippen LogP contribution in [0, 0.1) is 11.8 Å². The molecule has 3 aromatic heterocycles. The van der Waals surface area contributed by atoms with Gasteiger partial charge in [0.15, 0.2) is 11.5 Å². The van der Waals surface area contributed by atoms with Crippen LogP contribution in [-0.4, -0.2) is 36.6 Å². The van der Waals surface area contributed by atoms with Crippen LogP contribution in [0.2, 0.25) is 0 Å². The number of aromatic nitrogens is 5. The highest BCUT2D eigenvalue weighted by Crippen LogP contribution is 2.22. The SMILES string of the molecule is C[C@H](NC(=O)c1nc(C2=CCC=N2)cnc1N)c1nc2cccc(C#Cc3cccnc3)c2c(=O)n1-c1ccccc1. The molecule has 0 aliphatic carbocycles. The van der Waals surface area contributed by atoms with Gasteiger partial charge in [-0.25, -0.2) is 15.0 Å². The van der Waals surface area contributed by atoms with E-state index < -0.39 is 11.9 Å². The Morgan fingerprint density at radius 1 is 1.02 bits per heavy atom. The first-order chi connectivity index (χ1) is 20.5. The minimum atomic E-state index is -0.714. The number of rotatable bonds is 5. The largest absolute Gasteiger partial charge is 0.382 e. The molecule has 42 heavy (non-hydrogen) atoms. The van der Waals surface area contributed by atoms with E-state index in [0.29, 0.717) is 45.8 Å². The number of hydrogen-bond donors (Lipinski definition) is 2. The fraction of sp³-hybridized carbons (Fsp3) is 0.0938. The summed E-state index contributed by atoms with van der Waals surface area (Å²) in [6, 6.07) is 17.4. The summed E-state index contributed by atoms with van der Waals surface area (Å²) in [5.41, 5.74) is 9.05. The molecular weight excluding hydrogens is 528 g/mol. The molecule has 1 atom stereocenters. The molecule has 5 aromatic rings. The number of anilines is 1. The van der Waals surface area contributed by atoms with E-state index >= 15 is 0 Å². The lowest BCUT2D eigenvalue weighted by atomic mass is 10.1. The smallest absolute Gasteiger partial charge is 0.274 e. The quantitative estimate of drug-likeness (QED) is 0.316. The van der Waals surface area contributed by atoms with Gasteiger partial charge in [-0.3, -0.25) is 24.1 Å². The van der Waals surface area contributed by atoms with Crippen LogP contribution in [0.3, 0.4) is 0 Å². The van der Waals surface area contributed by atoms with Crippen LogP contribution in [0.4, 0.5) is 5.82 Å². The first-order valence-electron chi connectivity index (χ1n) is 13.2. The average molecular weight is 553 g/mol. The van der Waals surface area contributed by atoms with Crippen molar-refractivity contribution < 1.29 is 4.79 Å². The standard InChI is InChI=1S/C32H24N8O2/c1-20(37-31(41)28-29(33)36-19-26(38-28)24-13-7-17-35-24)30-39-25-12-5-9-22(15-14-21-8-6-16-34-18-21)27(25)32(42)40(30)23-10-3-2-4-11-23/h2-6,8-13,16-20H,7H2,1H3,(H2,33,36)(H,37,41)/t20-/m0/s1. The van der Waals surface area contributed by atoms with E-state index in [-0.39, 0.29) is 17.1 Å². The molecule has 4 heterocycles. The van der Waals surface area contributed by atoms with Gasteiger partial charge in [0.25, 0.3) is 11.5 Å². The van der Waals surface area contributed by atoms with Crippen LogP contribution in [0.15, 0.2) is 95.1 Å². The Morgan fingerprint density at radius 2 is 1.88 bits per heavy atom. The van der Waals surface area contributed by atoms with Gasteiger partial charge in [-0.15, -0.1) is 0 Å². The van der Waals surface area contributed by atoms with Crippen LogP contribution >= 0.6 is 0 Å². The normalized spacial score (nSPS) is 12.8. The Morgan fingerprint density at radius 3 is 2.64 bits per heavy atom. The van der Waals surface area contributed by atoms with E-state index in [1.165, 1.54) is 10.8 Å². The monoisotopic (exact) mass is 552 g/mol. The summed E-state index contributed by atoms with van der Waals surface area (Å²) in [4.78, 5) is 49.3. The number of carbonyl (C=O) groups is 1. The highest BCUT2D eigenvalue weighted by atomic mass is 16.2. The third kappa shape index (κ3) is 5.14. The molecule has 2 aromatic carbocycles. The van der Waals surface area contributed by atoms with Gasteiger partial charge in [0.05, 0.1) is 34.5 Å². The van der Waals surface area contributed by atoms with Crippen molar-refractivity contribution in [2.45, 2.75) is 19.4 Å². The predicted molar refractivity (Wildman–Crippen MR) is 161 cm³/mol. The third-order valence-electron chi connectivity index (χ3n) is 6.60. The van der Waals surface area contributed by atoms with Crippen molar-refractivity contribution in [3.8, 4) is 17.5 Å². The van der Waals surface area contributed by atoms with Crippen molar-refractivity contribution in [3.05, 3.63) is 124 Å². The van der Waals surface area contributed by atoms with E-state index in [0.717, 1.165) is 5.56 Å². The predicted octanol–water partition coefficient (Wildman–Crippen LogP) is 3.86. The maximum absolute atomic E-state index is 14.2. The Hall–Kier alpha value is -5.95. The number of benzene rings is 2. The number of para-hydroxylation sites is 1. The number of pyridine rings is 1. The summed E-state index contributed by atoms with van der Waals surface area (Å²) in [6.07, 6.45) is 9.13. The summed E-state index contributed by atoms with van der Waals surface area (Å²) in [6.45, 7) is 1.74. The van der Waals surface area contributed by atoms with Crippen LogP contribution in [0.5, 0.6) is 0 Å². The number of nitrogens with zero attached hydrogens (tertiary/aromatic N) is 6. The lowest BCUT2D eigenvalue weighted by Crippen LogP contribution is -2.34. The average Bonchev–Trinajstić information content (AvgIpc) is 3.56. The number of allylic oxidation sites excluding steroid dienone is 1. The lowest BCUT2D eigenvalue weighted by Gasteiger charge is -2.20. The number of nitrogens with two attached hydrogens (primary N) is 1. The molecule has 6 rings (SSSR count). The van der Waals surface area contributed by atoms with Crippen molar-refractivity contribution in [3.63, 3.8) is 0 Å². The molecule has 0 radical (unpaired) electrons. The van der Waals surface area contributed by atoms with Crippen LogP contribution in [0.25, 0.3) is 22.3 Å². The van der Waals surface area contributed by atoms with Gasteiger partial charge < -0.3 is 11.1 Å². The Balaban J connectivity index is 1.43. The highest BCUT2D eigenvalue weighted by Gasteiger charge is 2.23. The van der Waals surface area contributed by atoms with Crippen molar-refractivity contribution >= 4 is 34.5 Å². The Bertz CT molecular complexity index is 2010. The maximum atomic E-state index is 14.2. The topological polar surface area (TPSA) is 141 Å². The van der Waals surface area contributed by atoms with Gasteiger partial charge in [-0.1, -0.05) is 42.2 Å². The first-order valence-corrected chi connectivity index (χ1v) is 13.2. The number of fused-ring (bicyclic) bond motifs is 1. The molecule has 0 saturated heterocycles. The Kier molecular flexibility index (Phi) is 7.05. The van der Waals surface area contributed by atoms with E-state index in [9.17, 15) is 9.59 Å². The van der Waals surface area contributed by atoms with Crippen LogP contribution in [0.1, 0.15) is 52.5 Å². The van der Waals surface area contributed by atoms with E-state index in [1.54, 1.807) is 61.9 Å². The lowest BCUT2D eigenvalue weighted by molar-refractivity contribution is 0.0933. The van der Waals surface area contributed by atoms with Crippen molar-refractivity contribution in [1.82, 2.24) is 29.8 Å². The van der Waals surface area contributed by atoms with E-state index in [2.05, 4.69) is 37.1 Å². The van der Waals surface area contributed by atoms with E-state index in [1.807, 2.05) is 30.3 Å². The molecule has 0 bridgehead atoms. The molecule has 1 amide bonds. The summed E-state index contributed by atoms with van der Waals surface area (Å²) >= 11 is 0. The molecule has 204 valence electrons. The number of carbonyl (C=O) groups excluding carboxylic acids is 1. The van der Waals surface area contributed by atoms with Crippen LogP contribution in [-0.2, 0) is 0 Å². The van der Waals surface area contributed by atoms with Gasteiger partial charge in [0, 0.05) is 36.2 Å². The number of nitrogens with one attached hydrogen (secondary N) is 1. The fourth-order valence-electron chi connectivity index (χ4n) is 4.60. The molecule has 3 N–H and O–H groups in total. The zero-order valence-electron chi connectivity index (χ0n) is 22.5. The minimum Gasteiger partial charge on any atom is -0.382 e. The summed E-state index contributed by atoms with van der Waals surface area (Å²) < 4.78 is 1.49. The number of amides is 1. The van der Waals surface area contributed by atoms with Gasteiger partial charge in [-0.2, -0.15) is 0 Å².